The number of nitrogens with zero attached hydrogens (tertiary/aromatic N) is 2. The fraction of sp³-hybridized carbons (Fsp3) is 0.500. The molecule has 8 nitrogen and oxygen atoms in total. The van der Waals surface area contributed by atoms with Crippen molar-refractivity contribution in [2.45, 2.75) is 32.2 Å². The quantitative estimate of drug-likeness (QED) is 0.740. The van der Waals surface area contributed by atoms with Gasteiger partial charge in [0.25, 0.3) is 5.91 Å². The second kappa shape index (κ2) is 8.56. The number of amides is 1. The van der Waals surface area contributed by atoms with Crippen molar-refractivity contribution in [1.29, 1.82) is 5.26 Å². The lowest BCUT2D eigenvalue weighted by Crippen LogP contribution is -2.28. The number of benzene rings is 1. The van der Waals surface area contributed by atoms with Crippen LogP contribution >= 0.6 is 7.60 Å². The number of hydroxylamine groups is 2. The number of hydrogen-bond acceptors (Lipinski definition) is 7. The first-order chi connectivity index (χ1) is 11.9. The van der Waals surface area contributed by atoms with Crippen LogP contribution in [-0.2, 0) is 23.2 Å². The SMILES string of the molecule is CCOP(=O)(OCC)[C@H]1C[C@H](C(=O)Nc2ccc(C#N)cc2)ON1C. The van der Waals surface area contributed by atoms with Gasteiger partial charge in [0.05, 0.1) is 24.8 Å². The molecule has 136 valence electrons. The Kier molecular flexibility index (Phi) is 6.71. The summed E-state index contributed by atoms with van der Waals surface area (Å²) in [6.45, 7) is 3.95. The topological polar surface area (TPSA) is 101 Å². The minimum Gasteiger partial charge on any atom is -0.324 e. The molecular formula is C16H22N3O5P. The fourth-order valence-electron chi connectivity index (χ4n) is 2.56. The average Bonchev–Trinajstić information content (AvgIpc) is 2.99. The van der Waals surface area contributed by atoms with Gasteiger partial charge in [-0.2, -0.15) is 10.3 Å². The predicted molar refractivity (Wildman–Crippen MR) is 91.7 cm³/mol. The van der Waals surface area contributed by atoms with E-state index >= 15 is 0 Å². The van der Waals surface area contributed by atoms with Crippen molar-refractivity contribution >= 4 is 19.2 Å². The third-order valence-corrected chi connectivity index (χ3v) is 6.20. The maximum Gasteiger partial charge on any atom is 0.350 e. The number of carbonyl (C=O) groups excluding carboxylic acids is 1. The van der Waals surface area contributed by atoms with Crippen molar-refractivity contribution in [3.05, 3.63) is 29.8 Å². The summed E-state index contributed by atoms with van der Waals surface area (Å²) in [7, 11) is -1.81. The number of anilines is 1. The summed E-state index contributed by atoms with van der Waals surface area (Å²) in [6.07, 6.45) is -0.615. The highest BCUT2D eigenvalue weighted by Crippen LogP contribution is 2.57. The second-order valence-corrected chi connectivity index (χ2v) is 7.60. The minimum absolute atomic E-state index is 0.190. The molecule has 1 N–H and O–H groups in total. The maximum atomic E-state index is 12.9. The molecule has 1 aromatic carbocycles. The van der Waals surface area contributed by atoms with Crippen molar-refractivity contribution in [2.24, 2.45) is 0 Å². The van der Waals surface area contributed by atoms with E-state index in [0.717, 1.165) is 0 Å². The molecule has 1 amide bonds. The van der Waals surface area contributed by atoms with E-state index in [0.29, 0.717) is 11.3 Å². The van der Waals surface area contributed by atoms with Crippen LogP contribution in [0.4, 0.5) is 5.69 Å². The van der Waals surface area contributed by atoms with E-state index in [1.165, 1.54) is 5.06 Å². The number of rotatable bonds is 7. The molecule has 2 atom stereocenters. The van der Waals surface area contributed by atoms with E-state index in [9.17, 15) is 9.36 Å². The van der Waals surface area contributed by atoms with Gasteiger partial charge in [-0.05, 0) is 38.1 Å². The average molecular weight is 367 g/mol. The lowest BCUT2D eigenvalue weighted by molar-refractivity contribution is -0.155. The Balaban J connectivity index is 2.05. The first-order valence-corrected chi connectivity index (χ1v) is 9.64. The van der Waals surface area contributed by atoms with Gasteiger partial charge < -0.3 is 14.4 Å². The molecule has 0 radical (unpaired) electrons. The van der Waals surface area contributed by atoms with E-state index in [-0.39, 0.29) is 25.5 Å². The van der Waals surface area contributed by atoms with Crippen LogP contribution in [0.5, 0.6) is 0 Å². The summed E-state index contributed by atoms with van der Waals surface area (Å²) in [5.74, 6) is -1.01. The minimum atomic E-state index is -3.41. The highest BCUT2D eigenvalue weighted by atomic mass is 31.2. The number of nitriles is 1. The molecule has 0 unspecified atom stereocenters. The molecule has 1 aromatic rings. The van der Waals surface area contributed by atoms with E-state index in [4.69, 9.17) is 19.1 Å². The third-order valence-electron chi connectivity index (χ3n) is 3.70. The lowest BCUT2D eigenvalue weighted by Gasteiger charge is -2.25. The summed E-state index contributed by atoms with van der Waals surface area (Å²) in [5.41, 5.74) is 1.06. The maximum absolute atomic E-state index is 12.9. The Bertz CT molecular complexity index is 678. The lowest BCUT2D eigenvalue weighted by atomic mass is 10.2. The molecule has 25 heavy (non-hydrogen) atoms. The van der Waals surface area contributed by atoms with E-state index < -0.39 is 19.5 Å². The van der Waals surface area contributed by atoms with Gasteiger partial charge in [0.2, 0.25) is 0 Å². The Morgan fingerprint density at radius 1 is 1.36 bits per heavy atom. The zero-order valence-electron chi connectivity index (χ0n) is 14.5. The molecule has 1 fully saturated rings. The first-order valence-electron chi connectivity index (χ1n) is 8.03. The van der Waals surface area contributed by atoms with Crippen LogP contribution in [0, 0.1) is 11.3 Å². The van der Waals surface area contributed by atoms with E-state index in [2.05, 4.69) is 5.32 Å². The Morgan fingerprint density at radius 2 is 1.96 bits per heavy atom. The fourth-order valence-corrected chi connectivity index (χ4v) is 4.60. The highest BCUT2D eigenvalue weighted by molar-refractivity contribution is 7.54. The number of carbonyl (C=O) groups is 1. The largest absolute Gasteiger partial charge is 0.350 e. The van der Waals surface area contributed by atoms with Crippen LogP contribution in [0.25, 0.3) is 0 Å². The Labute approximate surface area is 147 Å². The van der Waals surface area contributed by atoms with Crippen LogP contribution in [0.15, 0.2) is 24.3 Å². The van der Waals surface area contributed by atoms with Crippen LogP contribution < -0.4 is 5.32 Å². The molecule has 1 aliphatic rings. The monoisotopic (exact) mass is 367 g/mol. The molecule has 0 aliphatic carbocycles. The second-order valence-electron chi connectivity index (χ2n) is 5.41. The molecule has 2 rings (SSSR count). The molecule has 9 heteroatoms. The predicted octanol–water partition coefficient (Wildman–Crippen LogP) is 2.72. The normalized spacial score (nSPS) is 21.0. The molecule has 0 saturated carbocycles. The summed E-state index contributed by atoms with van der Waals surface area (Å²) in [4.78, 5) is 17.9. The van der Waals surface area contributed by atoms with Gasteiger partial charge >= 0.3 is 7.60 Å². The standard InChI is InChI=1S/C16H22N3O5P/c1-4-22-25(21,23-5-2)15-10-14(24-19(15)3)16(20)18-13-8-6-12(11-17)7-9-13/h6-9,14-15H,4-5,10H2,1-3H3,(H,18,20)/t14-,15+/m1/s1. The zero-order valence-corrected chi connectivity index (χ0v) is 15.4. The van der Waals surface area contributed by atoms with Crippen LogP contribution in [0.1, 0.15) is 25.8 Å². The summed E-state index contributed by atoms with van der Waals surface area (Å²) in [5, 5.41) is 12.9. The Morgan fingerprint density at radius 3 is 2.48 bits per heavy atom. The van der Waals surface area contributed by atoms with Crippen molar-refractivity contribution in [3.63, 3.8) is 0 Å². The van der Waals surface area contributed by atoms with Crippen LogP contribution in [-0.4, -0.2) is 43.1 Å². The molecule has 1 saturated heterocycles. The van der Waals surface area contributed by atoms with Gasteiger partial charge in [0.15, 0.2) is 6.10 Å². The van der Waals surface area contributed by atoms with Crippen molar-refractivity contribution in [2.75, 3.05) is 25.6 Å². The summed E-state index contributed by atoms with van der Waals surface area (Å²) >= 11 is 0. The molecule has 0 bridgehead atoms. The van der Waals surface area contributed by atoms with Gasteiger partial charge in [-0.1, -0.05) is 0 Å². The van der Waals surface area contributed by atoms with Crippen LogP contribution in [0.3, 0.4) is 0 Å². The number of hydrogen-bond donors (Lipinski definition) is 1. The van der Waals surface area contributed by atoms with Gasteiger partial charge in [-0.3, -0.25) is 14.2 Å². The van der Waals surface area contributed by atoms with Crippen molar-refractivity contribution in [3.8, 4) is 6.07 Å². The van der Waals surface area contributed by atoms with Gasteiger partial charge in [-0.25, -0.2) is 0 Å². The third kappa shape index (κ3) is 4.66. The van der Waals surface area contributed by atoms with E-state index in [1.54, 1.807) is 45.2 Å². The molecule has 0 spiro atoms. The molecule has 1 heterocycles. The molecule has 0 aromatic heterocycles. The first kappa shape index (κ1) is 19.6. The van der Waals surface area contributed by atoms with Gasteiger partial charge in [-0.15, -0.1) is 0 Å². The van der Waals surface area contributed by atoms with Gasteiger partial charge in [0.1, 0.15) is 5.78 Å². The van der Waals surface area contributed by atoms with E-state index in [1.807, 2.05) is 6.07 Å². The number of nitrogens with one attached hydrogen (secondary N) is 1. The summed E-state index contributed by atoms with van der Waals surface area (Å²) in [6, 6.07) is 8.50. The Hall–Kier alpha value is -1.75. The summed E-state index contributed by atoms with van der Waals surface area (Å²) < 4.78 is 23.6. The van der Waals surface area contributed by atoms with Gasteiger partial charge in [0, 0.05) is 19.2 Å². The van der Waals surface area contributed by atoms with Crippen molar-refractivity contribution < 1.29 is 23.2 Å². The van der Waals surface area contributed by atoms with Crippen LogP contribution in [0.2, 0.25) is 0 Å². The van der Waals surface area contributed by atoms with Crippen molar-refractivity contribution in [1.82, 2.24) is 5.06 Å². The highest BCUT2D eigenvalue weighted by Gasteiger charge is 2.48. The zero-order chi connectivity index (χ0) is 18.4. The molecule has 1 aliphatic heterocycles. The molecular weight excluding hydrogens is 345 g/mol. The smallest absolute Gasteiger partial charge is 0.324 e.